The van der Waals surface area contributed by atoms with Gasteiger partial charge in [0, 0.05) is 9.79 Å². The Morgan fingerprint density at radius 1 is 0.571 bits per heavy atom. The fourth-order valence-electron chi connectivity index (χ4n) is 5.41. The van der Waals surface area contributed by atoms with Gasteiger partial charge in [0.1, 0.15) is 0 Å². The second-order valence-electron chi connectivity index (χ2n) is 10.4. The maximum absolute atomic E-state index is 6.55. The van der Waals surface area contributed by atoms with Crippen LogP contribution in [0.5, 0.6) is 0 Å². The second kappa shape index (κ2) is 8.13. The molecule has 0 unspecified atom stereocenters. The highest BCUT2D eigenvalue weighted by atomic mass is 32.2. The molecule has 174 valence electrons. The maximum Gasteiger partial charge on any atom is 0.496 e. The Morgan fingerprint density at radius 3 is 1.69 bits per heavy atom. The molecular weight excluding hydrogens is 447 g/mol. The maximum atomic E-state index is 6.55. The van der Waals surface area contributed by atoms with Crippen molar-refractivity contribution in [2.45, 2.75) is 54.1 Å². The van der Waals surface area contributed by atoms with E-state index < -0.39 is 23.7 Å². The van der Waals surface area contributed by atoms with Crippen LogP contribution in [0.1, 0.15) is 49.9 Å². The average molecular weight is 476 g/mol. The van der Waals surface area contributed by atoms with Gasteiger partial charge >= 0.3 is 7.12 Å². The smallest absolute Gasteiger partial charge is 0.399 e. The van der Waals surface area contributed by atoms with Crippen molar-refractivity contribution in [2.24, 2.45) is 0 Å². The zero-order chi connectivity index (χ0) is 24.3. The molecule has 0 bridgehead atoms. The molecule has 2 aliphatic rings. The molecule has 6 rings (SSSR count). The number of hydrogen-bond donors (Lipinski definition) is 0. The van der Waals surface area contributed by atoms with E-state index in [9.17, 15) is 0 Å². The summed E-state index contributed by atoms with van der Waals surface area (Å²) in [6.07, 6.45) is 0. The highest BCUT2D eigenvalue weighted by Gasteiger charge is 2.53. The molecule has 0 atom stereocenters. The fourth-order valence-corrected chi connectivity index (χ4v) is 6.72. The van der Waals surface area contributed by atoms with Crippen LogP contribution in [-0.4, -0.2) is 18.3 Å². The van der Waals surface area contributed by atoms with Gasteiger partial charge in [-0.2, -0.15) is 0 Å². The summed E-state index contributed by atoms with van der Waals surface area (Å²) in [6.45, 7) is 8.46. The summed E-state index contributed by atoms with van der Waals surface area (Å²) in [5, 5.41) is 0. The van der Waals surface area contributed by atoms with Crippen molar-refractivity contribution in [1.82, 2.24) is 0 Å². The quantitative estimate of drug-likeness (QED) is 0.266. The molecule has 0 saturated carbocycles. The van der Waals surface area contributed by atoms with Gasteiger partial charge in [0.05, 0.1) is 16.6 Å². The first-order valence-electron chi connectivity index (χ1n) is 12.2. The molecule has 2 aliphatic heterocycles. The zero-order valence-corrected chi connectivity index (χ0v) is 21.4. The van der Waals surface area contributed by atoms with Crippen molar-refractivity contribution >= 4 is 24.3 Å². The van der Waals surface area contributed by atoms with Crippen molar-refractivity contribution in [2.75, 3.05) is 0 Å². The van der Waals surface area contributed by atoms with E-state index in [2.05, 4.69) is 131 Å². The molecule has 0 aliphatic carbocycles. The van der Waals surface area contributed by atoms with Gasteiger partial charge in [-0.1, -0.05) is 109 Å². The molecule has 1 saturated heterocycles. The molecule has 0 radical (unpaired) electrons. The van der Waals surface area contributed by atoms with Gasteiger partial charge in [-0.15, -0.1) is 0 Å². The molecule has 4 aromatic carbocycles. The van der Waals surface area contributed by atoms with Crippen LogP contribution in [0, 0.1) is 0 Å². The van der Waals surface area contributed by atoms with Gasteiger partial charge in [-0.05, 0) is 61.5 Å². The SMILES string of the molecule is CC1(C)OB(c2cccc3c2Sc2ccccc2C3(c2ccccc2)c2ccccc2)OC1(C)C. The predicted octanol–water partition coefficient (Wildman–Crippen LogP) is 6.83. The van der Waals surface area contributed by atoms with E-state index in [1.165, 1.54) is 32.0 Å². The minimum absolute atomic E-state index is 0.395. The molecule has 35 heavy (non-hydrogen) atoms. The molecule has 2 heterocycles. The van der Waals surface area contributed by atoms with E-state index in [1.807, 2.05) is 11.8 Å². The van der Waals surface area contributed by atoms with Gasteiger partial charge in [0.15, 0.2) is 0 Å². The first-order chi connectivity index (χ1) is 16.8. The van der Waals surface area contributed by atoms with E-state index in [0.717, 1.165) is 5.46 Å². The normalized spacial score (nSPS) is 19.1. The van der Waals surface area contributed by atoms with Gasteiger partial charge in [-0.3, -0.25) is 0 Å². The second-order valence-corrected chi connectivity index (χ2v) is 11.4. The largest absolute Gasteiger partial charge is 0.496 e. The lowest BCUT2D eigenvalue weighted by Gasteiger charge is -2.42. The van der Waals surface area contributed by atoms with Gasteiger partial charge in [0.25, 0.3) is 0 Å². The monoisotopic (exact) mass is 476 g/mol. The van der Waals surface area contributed by atoms with Crippen LogP contribution < -0.4 is 5.46 Å². The van der Waals surface area contributed by atoms with Crippen molar-refractivity contribution in [1.29, 1.82) is 0 Å². The van der Waals surface area contributed by atoms with E-state index in [0.29, 0.717) is 0 Å². The number of fused-ring (bicyclic) bond motifs is 2. The van der Waals surface area contributed by atoms with E-state index in [1.54, 1.807) is 0 Å². The first kappa shape index (κ1) is 22.7. The van der Waals surface area contributed by atoms with E-state index >= 15 is 0 Å². The summed E-state index contributed by atoms with van der Waals surface area (Å²) in [4.78, 5) is 2.48. The fraction of sp³-hybridized carbons (Fsp3) is 0.226. The minimum Gasteiger partial charge on any atom is -0.399 e. The van der Waals surface area contributed by atoms with Crippen LogP contribution in [0.4, 0.5) is 0 Å². The van der Waals surface area contributed by atoms with Gasteiger partial charge in [-0.25, -0.2) is 0 Å². The summed E-state index contributed by atoms with van der Waals surface area (Å²) < 4.78 is 13.1. The van der Waals surface area contributed by atoms with E-state index in [4.69, 9.17) is 9.31 Å². The Bertz CT molecular complexity index is 1330. The van der Waals surface area contributed by atoms with Gasteiger partial charge in [0.2, 0.25) is 0 Å². The third-order valence-corrected chi connectivity index (χ3v) is 9.11. The summed E-state index contributed by atoms with van der Waals surface area (Å²) in [7, 11) is -0.419. The summed E-state index contributed by atoms with van der Waals surface area (Å²) in [5.41, 5.74) is 4.95. The minimum atomic E-state index is -0.445. The lowest BCUT2D eigenvalue weighted by Crippen LogP contribution is -2.41. The van der Waals surface area contributed by atoms with Gasteiger partial charge < -0.3 is 9.31 Å². The lowest BCUT2D eigenvalue weighted by atomic mass is 9.63. The van der Waals surface area contributed by atoms with Crippen molar-refractivity contribution in [3.63, 3.8) is 0 Å². The predicted molar refractivity (Wildman–Crippen MR) is 145 cm³/mol. The average Bonchev–Trinajstić information content (AvgIpc) is 3.09. The molecule has 0 aromatic heterocycles. The van der Waals surface area contributed by atoms with Crippen LogP contribution in [-0.2, 0) is 14.7 Å². The van der Waals surface area contributed by atoms with Crippen molar-refractivity contribution in [3.8, 4) is 0 Å². The van der Waals surface area contributed by atoms with Crippen molar-refractivity contribution < 1.29 is 9.31 Å². The molecule has 0 amide bonds. The standard InChI is InChI=1S/C31H29BO2S/c1-29(2)30(3,4)34-32(33-29)26-20-13-19-25-28(26)35-27-21-12-11-18-24(27)31(25,22-14-7-5-8-15-22)23-16-9-6-10-17-23/h5-21H,1-4H3. The first-order valence-corrected chi connectivity index (χ1v) is 13.0. The van der Waals surface area contributed by atoms with Crippen LogP contribution in [0.3, 0.4) is 0 Å². The Balaban J connectivity index is 1.67. The number of rotatable bonds is 3. The summed E-state index contributed by atoms with van der Waals surface area (Å²) in [6, 6.07) is 37.2. The Kier molecular flexibility index (Phi) is 5.26. The Morgan fingerprint density at radius 2 is 1.09 bits per heavy atom. The number of benzene rings is 4. The molecule has 1 fully saturated rings. The highest BCUT2D eigenvalue weighted by molar-refractivity contribution is 7.99. The lowest BCUT2D eigenvalue weighted by molar-refractivity contribution is 0.00578. The molecule has 0 N–H and O–H groups in total. The number of hydrogen-bond acceptors (Lipinski definition) is 3. The van der Waals surface area contributed by atoms with Crippen LogP contribution in [0.15, 0.2) is 113 Å². The van der Waals surface area contributed by atoms with Crippen LogP contribution in [0.2, 0.25) is 0 Å². The summed E-state index contributed by atoms with van der Waals surface area (Å²) in [5.74, 6) is 0. The third kappa shape index (κ3) is 3.35. The van der Waals surface area contributed by atoms with Crippen molar-refractivity contribution in [3.05, 3.63) is 125 Å². The molecular formula is C31H29BO2S. The summed E-state index contributed by atoms with van der Waals surface area (Å²) >= 11 is 1.83. The Labute approximate surface area is 212 Å². The van der Waals surface area contributed by atoms with Crippen LogP contribution >= 0.6 is 11.8 Å². The third-order valence-electron chi connectivity index (χ3n) is 7.87. The highest BCUT2D eigenvalue weighted by Crippen LogP contribution is 2.55. The molecule has 4 heteroatoms. The Hall–Kier alpha value is -2.79. The van der Waals surface area contributed by atoms with Crippen LogP contribution in [0.25, 0.3) is 0 Å². The zero-order valence-electron chi connectivity index (χ0n) is 20.6. The topological polar surface area (TPSA) is 18.5 Å². The molecule has 4 aromatic rings. The molecule has 2 nitrogen and oxygen atoms in total. The van der Waals surface area contributed by atoms with E-state index in [-0.39, 0.29) is 0 Å². The molecule has 0 spiro atoms.